The fourth-order valence-electron chi connectivity index (χ4n) is 2.49. The van der Waals surface area contributed by atoms with Crippen LogP contribution in [-0.4, -0.2) is 12.6 Å². The van der Waals surface area contributed by atoms with Gasteiger partial charge in [0, 0.05) is 12.6 Å². The normalized spacial score (nSPS) is 34.0. The van der Waals surface area contributed by atoms with Gasteiger partial charge in [0.2, 0.25) is 0 Å². The Morgan fingerprint density at radius 3 is 2.71 bits per heavy atom. The maximum Gasteiger partial charge on any atom is 0.0666 e. The van der Waals surface area contributed by atoms with Gasteiger partial charge in [0.15, 0.2) is 0 Å². The van der Waals surface area contributed by atoms with Gasteiger partial charge in [0.25, 0.3) is 0 Å². The number of nitrogens with zero attached hydrogens (tertiary/aromatic N) is 1. The van der Waals surface area contributed by atoms with Gasteiger partial charge in [0.05, 0.1) is 12.0 Å². The van der Waals surface area contributed by atoms with Crippen LogP contribution in [0.3, 0.4) is 0 Å². The van der Waals surface area contributed by atoms with Crippen molar-refractivity contribution in [1.82, 2.24) is 5.32 Å². The molecule has 1 aliphatic carbocycles. The number of nitriles is 1. The van der Waals surface area contributed by atoms with Gasteiger partial charge in [-0.05, 0) is 31.6 Å². The van der Waals surface area contributed by atoms with E-state index in [0.29, 0.717) is 6.04 Å². The summed E-state index contributed by atoms with van der Waals surface area (Å²) in [5, 5.41) is 12.2. The molecule has 0 bridgehead atoms. The van der Waals surface area contributed by atoms with E-state index in [2.05, 4.69) is 25.2 Å². The van der Waals surface area contributed by atoms with Crippen LogP contribution in [0.2, 0.25) is 0 Å². The molecule has 1 N–H and O–H groups in total. The first-order valence-electron chi connectivity index (χ1n) is 5.82. The molecule has 1 saturated carbocycles. The number of rotatable bonds is 4. The van der Waals surface area contributed by atoms with E-state index >= 15 is 0 Å². The quantitative estimate of drug-likeness (QED) is 0.746. The fourth-order valence-corrected chi connectivity index (χ4v) is 2.49. The second kappa shape index (κ2) is 5.36. The summed E-state index contributed by atoms with van der Waals surface area (Å²) < 4.78 is 0. The smallest absolute Gasteiger partial charge is 0.0666 e. The molecule has 0 amide bonds. The third kappa shape index (κ3) is 2.72. The van der Waals surface area contributed by atoms with Crippen LogP contribution < -0.4 is 5.32 Å². The van der Waals surface area contributed by atoms with Crippen LogP contribution in [0.25, 0.3) is 0 Å². The third-order valence-electron chi connectivity index (χ3n) is 3.66. The lowest BCUT2D eigenvalue weighted by Gasteiger charge is -2.21. The van der Waals surface area contributed by atoms with Crippen LogP contribution in [0.5, 0.6) is 0 Å². The number of hydrogen-bond acceptors (Lipinski definition) is 2. The second-order valence-electron chi connectivity index (χ2n) is 4.65. The minimum atomic E-state index is 0.142. The topological polar surface area (TPSA) is 35.8 Å². The van der Waals surface area contributed by atoms with Crippen molar-refractivity contribution < 1.29 is 0 Å². The molecular formula is C12H22N2. The Morgan fingerprint density at radius 2 is 2.21 bits per heavy atom. The first-order valence-corrected chi connectivity index (χ1v) is 5.82. The minimum absolute atomic E-state index is 0.142. The van der Waals surface area contributed by atoms with Crippen LogP contribution in [0.4, 0.5) is 0 Å². The van der Waals surface area contributed by atoms with Crippen LogP contribution in [-0.2, 0) is 0 Å². The highest BCUT2D eigenvalue weighted by Crippen LogP contribution is 2.33. The maximum atomic E-state index is 8.68. The molecule has 14 heavy (non-hydrogen) atoms. The zero-order valence-corrected chi connectivity index (χ0v) is 9.59. The lowest BCUT2D eigenvalue weighted by molar-refractivity contribution is 0.340. The summed E-state index contributed by atoms with van der Waals surface area (Å²) in [7, 11) is 0. The Hall–Kier alpha value is -0.550. The summed E-state index contributed by atoms with van der Waals surface area (Å²) in [5.41, 5.74) is 0. The molecule has 2 nitrogen and oxygen atoms in total. The molecule has 0 saturated heterocycles. The van der Waals surface area contributed by atoms with E-state index in [1.807, 2.05) is 6.92 Å². The van der Waals surface area contributed by atoms with Crippen LogP contribution in [0.15, 0.2) is 0 Å². The zero-order valence-electron chi connectivity index (χ0n) is 9.59. The molecule has 0 aromatic heterocycles. The summed E-state index contributed by atoms with van der Waals surface area (Å²) in [6, 6.07) is 2.92. The zero-order chi connectivity index (χ0) is 10.6. The van der Waals surface area contributed by atoms with Gasteiger partial charge in [-0.2, -0.15) is 5.26 Å². The van der Waals surface area contributed by atoms with Gasteiger partial charge in [0.1, 0.15) is 0 Å². The summed E-state index contributed by atoms with van der Waals surface area (Å²) in [4.78, 5) is 0. The molecule has 4 atom stereocenters. The molecular weight excluding hydrogens is 172 g/mol. The third-order valence-corrected chi connectivity index (χ3v) is 3.66. The molecule has 2 heteroatoms. The van der Waals surface area contributed by atoms with Crippen molar-refractivity contribution in [3.8, 4) is 6.07 Å². The lowest BCUT2D eigenvalue weighted by atomic mass is 9.93. The fraction of sp³-hybridized carbons (Fsp3) is 0.917. The molecule has 1 aliphatic rings. The van der Waals surface area contributed by atoms with E-state index in [1.54, 1.807) is 0 Å². The summed E-state index contributed by atoms with van der Waals surface area (Å²) in [5.74, 6) is 1.82. The Kier molecular flexibility index (Phi) is 4.41. The van der Waals surface area contributed by atoms with Crippen molar-refractivity contribution in [2.45, 2.75) is 46.1 Å². The van der Waals surface area contributed by atoms with E-state index in [1.165, 1.54) is 19.3 Å². The minimum Gasteiger partial charge on any atom is -0.312 e. The first kappa shape index (κ1) is 11.5. The molecule has 0 spiro atoms. The van der Waals surface area contributed by atoms with Crippen LogP contribution >= 0.6 is 0 Å². The van der Waals surface area contributed by atoms with Gasteiger partial charge in [-0.25, -0.2) is 0 Å². The van der Waals surface area contributed by atoms with Crippen LogP contribution in [0.1, 0.15) is 40.0 Å². The van der Waals surface area contributed by atoms with Crippen molar-refractivity contribution in [2.24, 2.45) is 17.8 Å². The number of nitrogens with one attached hydrogen (secondary N) is 1. The van der Waals surface area contributed by atoms with E-state index < -0.39 is 0 Å². The average molecular weight is 194 g/mol. The summed E-state index contributed by atoms with van der Waals surface area (Å²) in [6.07, 6.45) is 3.95. The van der Waals surface area contributed by atoms with Gasteiger partial charge in [-0.15, -0.1) is 0 Å². The highest BCUT2D eigenvalue weighted by atomic mass is 14.9. The Balaban J connectivity index is 2.30. The Morgan fingerprint density at radius 1 is 1.50 bits per heavy atom. The van der Waals surface area contributed by atoms with E-state index in [0.717, 1.165) is 18.4 Å². The molecule has 0 heterocycles. The van der Waals surface area contributed by atoms with Crippen molar-refractivity contribution >= 4 is 0 Å². The Labute approximate surface area is 87.7 Å². The molecule has 1 rings (SSSR count). The summed E-state index contributed by atoms with van der Waals surface area (Å²) >= 11 is 0. The monoisotopic (exact) mass is 194 g/mol. The molecule has 0 aromatic carbocycles. The van der Waals surface area contributed by atoms with Gasteiger partial charge >= 0.3 is 0 Å². The van der Waals surface area contributed by atoms with Crippen molar-refractivity contribution in [3.05, 3.63) is 0 Å². The van der Waals surface area contributed by atoms with Gasteiger partial charge < -0.3 is 5.32 Å². The SMILES string of the molecule is CCC1CCC(NCC(C)C#N)C1C. The predicted octanol–water partition coefficient (Wildman–Crippen LogP) is 2.56. The highest BCUT2D eigenvalue weighted by molar-refractivity contribution is 4.88. The first-order chi connectivity index (χ1) is 6.69. The second-order valence-corrected chi connectivity index (χ2v) is 4.65. The van der Waals surface area contributed by atoms with Crippen molar-refractivity contribution in [1.29, 1.82) is 5.26 Å². The predicted molar refractivity (Wildman–Crippen MR) is 58.7 cm³/mol. The van der Waals surface area contributed by atoms with Gasteiger partial charge in [-0.1, -0.05) is 20.3 Å². The summed E-state index contributed by atoms with van der Waals surface area (Å²) in [6.45, 7) is 7.45. The van der Waals surface area contributed by atoms with E-state index in [4.69, 9.17) is 5.26 Å². The van der Waals surface area contributed by atoms with Gasteiger partial charge in [-0.3, -0.25) is 0 Å². The Bertz CT molecular complexity index is 207. The van der Waals surface area contributed by atoms with Crippen LogP contribution in [0, 0.1) is 29.1 Å². The molecule has 4 unspecified atom stereocenters. The average Bonchev–Trinajstić information content (AvgIpc) is 2.56. The van der Waals surface area contributed by atoms with E-state index in [-0.39, 0.29) is 5.92 Å². The molecule has 80 valence electrons. The molecule has 0 aromatic rings. The molecule has 1 fully saturated rings. The van der Waals surface area contributed by atoms with Crippen molar-refractivity contribution in [2.75, 3.05) is 6.54 Å². The largest absolute Gasteiger partial charge is 0.312 e. The standard InChI is InChI=1S/C12H22N2/c1-4-11-5-6-12(10(11)3)14-8-9(2)7-13/h9-12,14H,4-6,8H2,1-3H3. The van der Waals surface area contributed by atoms with Crippen molar-refractivity contribution in [3.63, 3.8) is 0 Å². The lowest BCUT2D eigenvalue weighted by Crippen LogP contribution is -2.35. The highest BCUT2D eigenvalue weighted by Gasteiger charge is 2.30. The number of hydrogen-bond donors (Lipinski definition) is 1. The molecule has 0 aliphatic heterocycles. The van der Waals surface area contributed by atoms with E-state index in [9.17, 15) is 0 Å². The molecule has 0 radical (unpaired) electrons. The maximum absolute atomic E-state index is 8.68.